The summed E-state index contributed by atoms with van der Waals surface area (Å²) in [7, 11) is 1.64. The number of hydrogen-bond acceptors (Lipinski definition) is 4. The van der Waals surface area contributed by atoms with Crippen LogP contribution in [0.5, 0.6) is 5.75 Å². The Morgan fingerprint density at radius 2 is 2.26 bits per heavy atom. The van der Waals surface area contributed by atoms with Crippen LogP contribution in [0.25, 0.3) is 0 Å². The van der Waals surface area contributed by atoms with Crippen molar-refractivity contribution in [3.8, 4) is 17.6 Å². The van der Waals surface area contributed by atoms with Gasteiger partial charge in [-0.15, -0.1) is 0 Å². The van der Waals surface area contributed by atoms with Crippen molar-refractivity contribution < 1.29 is 19.3 Å². The van der Waals surface area contributed by atoms with E-state index in [2.05, 4.69) is 11.8 Å². The molecule has 0 amide bonds. The van der Waals surface area contributed by atoms with Gasteiger partial charge in [0.05, 0.1) is 33.5 Å². The van der Waals surface area contributed by atoms with Crippen molar-refractivity contribution in [3.05, 3.63) is 29.3 Å². The van der Waals surface area contributed by atoms with Crippen LogP contribution in [-0.4, -0.2) is 38.1 Å². The molecule has 1 aliphatic rings. The fraction of sp³-hybridized carbons (Fsp3) is 0.467. The third-order valence-electron chi connectivity index (χ3n) is 2.85. The third-order valence-corrected chi connectivity index (χ3v) is 2.85. The molecule has 0 radical (unpaired) electrons. The monoisotopic (exact) mass is 262 g/mol. The quantitative estimate of drug-likeness (QED) is 0.814. The van der Waals surface area contributed by atoms with Gasteiger partial charge in [0.15, 0.2) is 0 Å². The molecule has 1 saturated heterocycles. The molecule has 0 aromatic heterocycles. The van der Waals surface area contributed by atoms with E-state index in [1.165, 1.54) is 0 Å². The second-order valence-electron chi connectivity index (χ2n) is 4.27. The average Bonchev–Trinajstić information content (AvgIpc) is 2.38. The number of aliphatic hydroxyl groups excluding tert-OH is 1. The van der Waals surface area contributed by atoms with Gasteiger partial charge < -0.3 is 19.3 Å². The zero-order valence-electron chi connectivity index (χ0n) is 11.0. The summed E-state index contributed by atoms with van der Waals surface area (Å²) < 4.78 is 16.0. The van der Waals surface area contributed by atoms with Crippen LogP contribution in [-0.2, 0) is 16.1 Å². The van der Waals surface area contributed by atoms with Gasteiger partial charge in [-0.05, 0) is 23.8 Å². The first-order valence-electron chi connectivity index (χ1n) is 6.29. The minimum absolute atomic E-state index is 0.0778. The SMILES string of the molecule is COc1ccc(C#CCCO)c(COC2COC2)c1. The van der Waals surface area contributed by atoms with Gasteiger partial charge in [-0.25, -0.2) is 0 Å². The molecule has 102 valence electrons. The van der Waals surface area contributed by atoms with Crippen molar-refractivity contribution in [3.63, 3.8) is 0 Å². The number of aliphatic hydroxyl groups is 1. The Bertz CT molecular complexity index is 469. The molecule has 0 aliphatic carbocycles. The molecule has 4 nitrogen and oxygen atoms in total. The fourth-order valence-electron chi connectivity index (χ4n) is 1.67. The summed E-state index contributed by atoms with van der Waals surface area (Å²) in [5.41, 5.74) is 1.91. The van der Waals surface area contributed by atoms with Gasteiger partial charge in [-0.1, -0.05) is 11.8 Å². The summed E-state index contributed by atoms with van der Waals surface area (Å²) in [4.78, 5) is 0. The number of rotatable bonds is 5. The Balaban J connectivity index is 2.08. The van der Waals surface area contributed by atoms with Crippen LogP contribution >= 0.6 is 0 Å². The summed E-state index contributed by atoms with van der Waals surface area (Å²) in [6.45, 7) is 1.90. The van der Waals surface area contributed by atoms with Crippen molar-refractivity contribution in [2.75, 3.05) is 26.9 Å². The molecule has 1 aliphatic heterocycles. The minimum atomic E-state index is 0.0778. The molecule has 19 heavy (non-hydrogen) atoms. The third kappa shape index (κ3) is 3.97. The summed E-state index contributed by atoms with van der Waals surface area (Å²) in [6, 6.07) is 5.72. The summed E-state index contributed by atoms with van der Waals surface area (Å²) in [5.74, 6) is 6.76. The van der Waals surface area contributed by atoms with E-state index in [-0.39, 0.29) is 12.7 Å². The maximum atomic E-state index is 8.75. The molecule has 0 spiro atoms. The van der Waals surface area contributed by atoms with E-state index in [0.717, 1.165) is 16.9 Å². The summed E-state index contributed by atoms with van der Waals surface area (Å²) >= 11 is 0. The zero-order valence-corrected chi connectivity index (χ0v) is 11.0. The summed E-state index contributed by atoms with van der Waals surface area (Å²) in [5, 5.41) is 8.75. The highest BCUT2D eigenvalue weighted by molar-refractivity contribution is 5.45. The molecule has 2 rings (SSSR count). The number of benzene rings is 1. The number of methoxy groups -OCH3 is 1. The van der Waals surface area contributed by atoms with Crippen molar-refractivity contribution in [1.82, 2.24) is 0 Å². The Morgan fingerprint density at radius 3 is 2.89 bits per heavy atom. The van der Waals surface area contributed by atoms with Crippen LogP contribution in [0.2, 0.25) is 0 Å². The lowest BCUT2D eigenvalue weighted by Crippen LogP contribution is -2.35. The second kappa shape index (κ2) is 7.15. The summed E-state index contributed by atoms with van der Waals surface area (Å²) in [6.07, 6.45) is 0.660. The van der Waals surface area contributed by atoms with Crippen molar-refractivity contribution in [2.24, 2.45) is 0 Å². The molecular weight excluding hydrogens is 244 g/mol. The maximum absolute atomic E-state index is 8.75. The number of ether oxygens (including phenoxy) is 3. The van der Waals surface area contributed by atoms with Crippen molar-refractivity contribution in [1.29, 1.82) is 0 Å². The molecule has 4 heteroatoms. The highest BCUT2D eigenvalue weighted by Crippen LogP contribution is 2.19. The molecule has 1 aromatic carbocycles. The lowest BCUT2D eigenvalue weighted by Gasteiger charge is -2.26. The zero-order chi connectivity index (χ0) is 13.5. The first-order valence-corrected chi connectivity index (χ1v) is 6.29. The van der Waals surface area contributed by atoms with Crippen LogP contribution in [0.3, 0.4) is 0 Å². The van der Waals surface area contributed by atoms with Crippen LogP contribution < -0.4 is 4.74 Å². The van der Waals surface area contributed by atoms with E-state index >= 15 is 0 Å². The van der Waals surface area contributed by atoms with Gasteiger partial charge in [-0.3, -0.25) is 0 Å². The first-order chi connectivity index (χ1) is 9.33. The van der Waals surface area contributed by atoms with Gasteiger partial charge >= 0.3 is 0 Å². The van der Waals surface area contributed by atoms with E-state index < -0.39 is 0 Å². The standard InChI is InChI=1S/C15H18O4/c1-17-14-6-5-12(4-2-3-7-16)13(8-14)9-19-15-10-18-11-15/h5-6,8,15-16H,3,7,9-11H2,1H3. The van der Waals surface area contributed by atoms with E-state index in [9.17, 15) is 0 Å². The molecular formula is C15H18O4. The molecule has 0 atom stereocenters. The fourth-order valence-corrected chi connectivity index (χ4v) is 1.67. The highest BCUT2D eigenvalue weighted by Gasteiger charge is 2.19. The van der Waals surface area contributed by atoms with Crippen LogP contribution in [0, 0.1) is 11.8 Å². The van der Waals surface area contributed by atoms with Gasteiger partial charge in [0.2, 0.25) is 0 Å². The lowest BCUT2D eigenvalue weighted by atomic mass is 10.1. The Labute approximate surface area is 113 Å². The Hall–Kier alpha value is -1.54. The van der Waals surface area contributed by atoms with Crippen LogP contribution in [0.1, 0.15) is 17.5 Å². The van der Waals surface area contributed by atoms with E-state index in [1.807, 2.05) is 18.2 Å². The van der Waals surface area contributed by atoms with Crippen LogP contribution in [0.4, 0.5) is 0 Å². The van der Waals surface area contributed by atoms with Crippen molar-refractivity contribution >= 4 is 0 Å². The lowest BCUT2D eigenvalue weighted by molar-refractivity contribution is -0.135. The highest BCUT2D eigenvalue weighted by atomic mass is 16.6. The average molecular weight is 262 g/mol. The maximum Gasteiger partial charge on any atom is 0.119 e. The smallest absolute Gasteiger partial charge is 0.119 e. The topological polar surface area (TPSA) is 47.9 Å². The number of hydrogen-bond donors (Lipinski definition) is 1. The molecule has 0 saturated carbocycles. The molecule has 1 aromatic rings. The Morgan fingerprint density at radius 1 is 1.42 bits per heavy atom. The van der Waals surface area contributed by atoms with E-state index in [0.29, 0.717) is 26.2 Å². The van der Waals surface area contributed by atoms with Crippen LogP contribution in [0.15, 0.2) is 18.2 Å². The van der Waals surface area contributed by atoms with Crippen molar-refractivity contribution in [2.45, 2.75) is 19.1 Å². The van der Waals surface area contributed by atoms with Gasteiger partial charge in [0.25, 0.3) is 0 Å². The van der Waals surface area contributed by atoms with E-state index in [1.54, 1.807) is 7.11 Å². The molecule has 1 N–H and O–H groups in total. The van der Waals surface area contributed by atoms with E-state index in [4.69, 9.17) is 19.3 Å². The largest absolute Gasteiger partial charge is 0.497 e. The normalized spacial score (nSPS) is 14.4. The Kier molecular flexibility index (Phi) is 5.22. The predicted molar refractivity (Wildman–Crippen MR) is 71.0 cm³/mol. The van der Waals surface area contributed by atoms with Gasteiger partial charge in [0, 0.05) is 12.0 Å². The molecule has 1 heterocycles. The molecule has 0 bridgehead atoms. The molecule has 0 unspecified atom stereocenters. The minimum Gasteiger partial charge on any atom is -0.497 e. The van der Waals surface area contributed by atoms with Gasteiger partial charge in [-0.2, -0.15) is 0 Å². The first kappa shape index (κ1) is 13.9. The molecule has 1 fully saturated rings. The second-order valence-corrected chi connectivity index (χ2v) is 4.27. The predicted octanol–water partition coefficient (Wildman–Crippen LogP) is 1.34. The van der Waals surface area contributed by atoms with Gasteiger partial charge in [0.1, 0.15) is 11.9 Å².